The van der Waals surface area contributed by atoms with E-state index < -0.39 is 0 Å². The highest BCUT2D eigenvalue weighted by Gasteiger charge is 2.10. The van der Waals surface area contributed by atoms with E-state index in [9.17, 15) is 0 Å². The van der Waals surface area contributed by atoms with Crippen LogP contribution in [0.2, 0.25) is 0 Å². The van der Waals surface area contributed by atoms with E-state index in [2.05, 4.69) is 57.5 Å². The first-order chi connectivity index (χ1) is 13.6. The molecule has 2 aromatic carbocycles. The Morgan fingerprint density at radius 1 is 0.929 bits per heavy atom. The van der Waals surface area contributed by atoms with Crippen molar-refractivity contribution in [1.29, 1.82) is 0 Å². The molecule has 0 radical (unpaired) electrons. The molecule has 0 aliphatic carbocycles. The maximum Gasteiger partial charge on any atom is 0.164 e. The molecule has 140 valence electrons. The van der Waals surface area contributed by atoms with Gasteiger partial charge in [-0.15, -0.1) is 0 Å². The van der Waals surface area contributed by atoms with Gasteiger partial charge in [0, 0.05) is 15.5 Å². The first-order valence-corrected chi connectivity index (χ1v) is 9.72. The number of aryl methyl sites for hydroxylation is 2. The van der Waals surface area contributed by atoms with Gasteiger partial charge in [-0.25, -0.2) is 15.0 Å². The van der Waals surface area contributed by atoms with Crippen molar-refractivity contribution < 1.29 is 4.74 Å². The van der Waals surface area contributed by atoms with Gasteiger partial charge in [0.15, 0.2) is 5.65 Å². The molecule has 0 saturated carbocycles. The number of nitrogens with one attached hydrogen (secondary N) is 1. The Labute approximate surface area is 168 Å². The summed E-state index contributed by atoms with van der Waals surface area (Å²) in [5.74, 6) is 1.60. The van der Waals surface area contributed by atoms with E-state index in [1.807, 2.05) is 31.2 Å². The van der Waals surface area contributed by atoms with E-state index in [1.54, 1.807) is 25.2 Å². The molecule has 1 N–H and O–H groups in total. The quantitative estimate of drug-likeness (QED) is 0.484. The number of methoxy groups -OCH3 is 1. The normalized spacial score (nSPS) is 10.8. The van der Waals surface area contributed by atoms with E-state index in [0.717, 1.165) is 38.1 Å². The van der Waals surface area contributed by atoms with Crippen LogP contribution in [-0.2, 0) is 0 Å². The molecular weight excluding hydrogens is 368 g/mol. The SMILES string of the molecule is COc1ccc(Sc2ccc(C)cc2Nc2ncnc3nc(C)ccc23)cc1. The molecule has 28 heavy (non-hydrogen) atoms. The van der Waals surface area contributed by atoms with Gasteiger partial charge in [0.2, 0.25) is 0 Å². The minimum Gasteiger partial charge on any atom is -0.497 e. The number of anilines is 2. The molecule has 4 aromatic rings. The lowest BCUT2D eigenvalue weighted by Gasteiger charge is -2.14. The van der Waals surface area contributed by atoms with Crippen molar-refractivity contribution in [3.63, 3.8) is 0 Å². The number of fused-ring (bicyclic) bond motifs is 1. The summed E-state index contributed by atoms with van der Waals surface area (Å²) in [7, 11) is 1.67. The molecule has 2 heterocycles. The predicted molar refractivity (Wildman–Crippen MR) is 114 cm³/mol. The van der Waals surface area contributed by atoms with Crippen LogP contribution in [0.1, 0.15) is 11.3 Å². The minimum atomic E-state index is 0.689. The smallest absolute Gasteiger partial charge is 0.164 e. The summed E-state index contributed by atoms with van der Waals surface area (Å²) >= 11 is 1.69. The van der Waals surface area contributed by atoms with Crippen LogP contribution in [0.3, 0.4) is 0 Å². The fourth-order valence-electron chi connectivity index (χ4n) is 2.87. The average molecular weight is 388 g/mol. The molecule has 0 amide bonds. The number of pyridine rings is 1. The zero-order valence-electron chi connectivity index (χ0n) is 15.9. The monoisotopic (exact) mass is 388 g/mol. The van der Waals surface area contributed by atoms with Gasteiger partial charge in [-0.2, -0.15) is 0 Å². The maximum absolute atomic E-state index is 5.25. The van der Waals surface area contributed by atoms with E-state index in [-0.39, 0.29) is 0 Å². The molecule has 0 unspecified atom stereocenters. The van der Waals surface area contributed by atoms with Crippen LogP contribution in [0.15, 0.2) is 70.7 Å². The maximum atomic E-state index is 5.25. The zero-order chi connectivity index (χ0) is 19.5. The highest BCUT2D eigenvalue weighted by Crippen LogP contribution is 2.36. The topological polar surface area (TPSA) is 59.9 Å². The van der Waals surface area contributed by atoms with Gasteiger partial charge >= 0.3 is 0 Å². The number of hydrogen-bond acceptors (Lipinski definition) is 6. The minimum absolute atomic E-state index is 0.689. The number of benzene rings is 2. The molecule has 0 aliphatic rings. The van der Waals surface area contributed by atoms with Crippen LogP contribution in [-0.4, -0.2) is 22.1 Å². The zero-order valence-corrected chi connectivity index (χ0v) is 16.7. The summed E-state index contributed by atoms with van der Waals surface area (Å²) in [6.07, 6.45) is 1.54. The molecule has 6 heteroatoms. The van der Waals surface area contributed by atoms with Crippen molar-refractivity contribution in [1.82, 2.24) is 15.0 Å². The average Bonchev–Trinajstić information content (AvgIpc) is 2.70. The van der Waals surface area contributed by atoms with Gasteiger partial charge in [0.25, 0.3) is 0 Å². The Bertz CT molecular complexity index is 1130. The Hall–Kier alpha value is -3.12. The summed E-state index contributed by atoms with van der Waals surface area (Å²) in [6.45, 7) is 4.04. The first kappa shape index (κ1) is 18.3. The highest BCUT2D eigenvalue weighted by atomic mass is 32.2. The van der Waals surface area contributed by atoms with E-state index >= 15 is 0 Å². The van der Waals surface area contributed by atoms with Crippen molar-refractivity contribution in [2.45, 2.75) is 23.6 Å². The number of hydrogen-bond donors (Lipinski definition) is 1. The standard InChI is InChI=1S/C22H20N4OS/c1-14-4-11-20(28-17-8-6-16(27-3)7-9-17)19(12-14)26-22-18-10-5-15(2)25-21(18)23-13-24-22/h4-13H,1-3H3,(H,23,24,25,26). The lowest BCUT2D eigenvalue weighted by atomic mass is 10.2. The van der Waals surface area contributed by atoms with Crippen LogP contribution in [0.5, 0.6) is 5.75 Å². The van der Waals surface area contributed by atoms with Gasteiger partial charge in [-0.05, 0) is 67.9 Å². The molecule has 0 aliphatic heterocycles. The summed E-state index contributed by atoms with van der Waals surface area (Å²) in [4.78, 5) is 15.5. The van der Waals surface area contributed by atoms with Crippen molar-refractivity contribution in [2.24, 2.45) is 0 Å². The van der Waals surface area contributed by atoms with Crippen LogP contribution in [0.4, 0.5) is 11.5 Å². The Kier molecular flexibility index (Phi) is 5.12. The Morgan fingerprint density at radius 3 is 2.54 bits per heavy atom. The number of ether oxygens (including phenoxy) is 1. The second-order valence-corrected chi connectivity index (χ2v) is 7.56. The molecular formula is C22H20N4OS. The highest BCUT2D eigenvalue weighted by molar-refractivity contribution is 7.99. The second-order valence-electron chi connectivity index (χ2n) is 6.45. The first-order valence-electron chi connectivity index (χ1n) is 8.90. The van der Waals surface area contributed by atoms with Crippen LogP contribution < -0.4 is 10.1 Å². The van der Waals surface area contributed by atoms with Gasteiger partial charge in [0.1, 0.15) is 17.9 Å². The van der Waals surface area contributed by atoms with Gasteiger partial charge < -0.3 is 10.1 Å². The predicted octanol–water partition coefficient (Wildman–Crippen LogP) is 5.55. The van der Waals surface area contributed by atoms with Crippen LogP contribution in [0, 0.1) is 13.8 Å². The lowest BCUT2D eigenvalue weighted by molar-refractivity contribution is 0.414. The fraction of sp³-hybridized carbons (Fsp3) is 0.136. The summed E-state index contributed by atoms with van der Waals surface area (Å²) in [5.41, 5.74) is 3.80. The molecule has 0 bridgehead atoms. The van der Waals surface area contributed by atoms with E-state index in [0.29, 0.717) is 5.65 Å². The number of aromatic nitrogens is 3. The van der Waals surface area contributed by atoms with Crippen molar-refractivity contribution >= 4 is 34.3 Å². The molecule has 4 rings (SSSR count). The summed E-state index contributed by atoms with van der Waals surface area (Å²) in [6, 6.07) is 18.4. The fourth-order valence-corrected chi connectivity index (χ4v) is 3.75. The lowest BCUT2D eigenvalue weighted by Crippen LogP contribution is -1.99. The summed E-state index contributed by atoms with van der Waals surface area (Å²) < 4.78 is 5.25. The third kappa shape index (κ3) is 3.92. The van der Waals surface area contributed by atoms with Crippen molar-refractivity contribution in [3.05, 3.63) is 72.2 Å². The molecule has 5 nitrogen and oxygen atoms in total. The third-order valence-corrected chi connectivity index (χ3v) is 5.40. The molecule has 0 fully saturated rings. The van der Waals surface area contributed by atoms with Gasteiger partial charge in [0.05, 0.1) is 18.2 Å². The Morgan fingerprint density at radius 2 is 1.75 bits per heavy atom. The molecule has 0 atom stereocenters. The van der Waals surface area contributed by atoms with Crippen LogP contribution >= 0.6 is 11.8 Å². The van der Waals surface area contributed by atoms with Crippen molar-refractivity contribution in [3.8, 4) is 5.75 Å². The molecule has 0 spiro atoms. The second kappa shape index (κ2) is 7.86. The molecule has 2 aromatic heterocycles. The largest absolute Gasteiger partial charge is 0.497 e. The van der Waals surface area contributed by atoms with E-state index in [1.165, 1.54) is 5.56 Å². The molecule has 0 saturated heterocycles. The number of nitrogens with zero attached hydrogens (tertiary/aromatic N) is 3. The van der Waals surface area contributed by atoms with Crippen molar-refractivity contribution in [2.75, 3.05) is 12.4 Å². The summed E-state index contributed by atoms with van der Waals surface area (Å²) in [5, 5.41) is 4.38. The Balaban J connectivity index is 1.69. The van der Waals surface area contributed by atoms with Crippen LogP contribution in [0.25, 0.3) is 11.0 Å². The van der Waals surface area contributed by atoms with Gasteiger partial charge in [-0.3, -0.25) is 0 Å². The number of rotatable bonds is 5. The van der Waals surface area contributed by atoms with E-state index in [4.69, 9.17) is 4.74 Å². The van der Waals surface area contributed by atoms with Gasteiger partial charge in [-0.1, -0.05) is 17.8 Å². The third-order valence-electron chi connectivity index (χ3n) is 4.31.